The number of ether oxygens (including phenoxy) is 1. The van der Waals surface area contributed by atoms with Gasteiger partial charge in [0.05, 0.1) is 24.1 Å². The summed E-state index contributed by atoms with van der Waals surface area (Å²) >= 11 is 3.32. The van der Waals surface area contributed by atoms with Crippen LogP contribution in [-0.4, -0.2) is 43.7 Å². The van der Waals surface area contributed by atoms with E-state index in [0.717, 1.165) is 9.37 Å². The highest BCUT2D eigenvalue weighted by Gasteiger charge is 2.51. The van der Waals surface area contributed by atoms with Crippen molar-refractivity contribution in [2.24, 2.45) is 0 Å². The molecule has 1 atom stereocenters. The highest BCUT2D eigenvalue weighted by atomic mass is 79.9. The van der Waals surface area contributed by atoms with Crippen LogP contribution in [0.4, 0.5) is 5.69 Å². The summed E-state index contributed by atoms with van der Waals surface area (Å²) in [4.78, 5) is 26.9. The normalized spacial score (nSPS) is 19.8. The molecule has 2 amide bonds. The van der Waals surface area contributed by atoms with Gasteiger partial charge in [-0.3, -0.25) is 9.59 Å². The minimum atomic E-state index is -3.94. The van der Waals surface area contributed by atoms with E-state index in [1.54, 1.807) is 36.4 Å². The first-order valence-electron chi connectivity index (χ1n) is 9.13. The van der Waals surface area contributed by atoms with Gasteiger partial charge >= 0.3 is 0 Å². The minimum Gasteiger partial charge on any atom is -0.497 e. The number of methoxy groups -OCH3 is 1. The Bertz CT molecular complexity index is 1050. The molecule has 1 saturated carbocycles. The van der Waals surface area contributed by atoms with Crippen LogP contribution in [0.5, 0.6) is 5.75 Å². The molecule has 2 aromatic carbocycles. The summed E-state index contributed by atoms with van der Waals surface area (Å²) in [5.74, 6) is -0.380. The first-order chi connectivity index (χ1) is 13.8. The molecule has 2 aromatic rings. The molecule has 9 heteroatoms. The molecule has 1 aliphatic carbocycles. The van der Waals surface area contributed by atoms with Crippen LogP contribution in [0.3, 0.4) is 0 Å². The van der Waals surface area contributed by atoms with E-state index in [9.17, 15) is 18.0 Å². The first-order valence-corrected chi connectivity index (χ1v) is 11.4. The number of rotatable bonds is 6. The number of carbonyl (C=O) groups is 2. The van der Waals surface area contributed by atoms with Gasteiger partial charge in [-0.15, -0.1) is 0 Å². The Morgan fingerprint density at radius 2 is 1.66 bits per heavy atom. The van der Waals surface area contributed by atoms with Crippen molar-refractivity contribution >= 4 is 43.5 Å². The zero-order valence-corrected chi connectivity index (χ0v) is 18.0. The zero-order valence-electron chi connectivity index (χ0n) is 15.6. The van der Waals surface area contributed by atoms with Gasteiger partial charge in [0.2, 0.25) is 15.9 Å². The van der Waals surface area contributed by atoms with E-state index in [1.807, 2.05) is 0 Å². The second-order valence-corrected chi connectivity index (χ2v) is 9.76. The van der Waals surface area contributed by atoms with E-state index in [2.05, 4.69) is 15.9 Å². The predicted molar refractivity (Wildman–Crippen MR) is 110 cm³/mol. The molecule has 2 fully saturated rings. The molecule has 0 bridgehead atoms. The molecule has 1 aliphatic heterocycles. The van der Waals surface area contributed by atoms with Crippen LogP contribution in [0.2, 0.25) is 0 Å². The number of hydrogen-bond donors (Lipinski definition) is 0. The number of amides is 2. The maximum Gasteiger partial charge on any atom is 0.252 e. The molecule has 0 aromatic heterocycles. The van der Waals surface area contributed by atoms with Crippen LogP contribution in [-0.2, 0) is 19.6 Å². The van der Waals surface area contributed by atoms with Crippen molar-refractivity contribution < 1.29 is 22.7 Å². The monoisotopic (exact) mass is 478 g/mol. The second kappa shape index (κ2) is 7.55. The summed E-state index contributed by atoms with van der Waals surface area (Å²) in [7, 11) is -2.44. The molecule has 2 aliphatic rings. The number of halogens is 1. The van der Waals surface area contributed by atoms with Gasteiger partial charge in [-0.2, -0.15) is 4.31 Å². The largest absolute Gasteiger partial charge is 0.497 e. The molecule has 7 nitrogen and oxygen atoms in total. The molecule has 1 heterocycles. The molecule has 1 saturated heterocycles. The lowest BCUT2D eigenvalue weighted by Crippen LogP contribution is -2.46. The Labute approximate surface area is 177 Å². The summed E-state index contributed by atoms with van der Waals surface area (Å²) in [5, 5.41) is 0. The molecule has 1 unspecified atom stereocenters. The van der Waals surface area contributed by atoms with E-state index in [0.29, 0.717) is 24.3 Å². The van der Waals surface area contributed by atoms with Crippen molar-refractivity contribution in [1.82, 2.24) is 4.31 Å². The smallest absolute Gasteiger partial charge is 0.252 e. The van der Waals surface area contributed by atoms with E-state index >= 15 is 0 Å². The second-order valence-electron chi connectivity index (χ2n) is 7.01. The average molecular weight is 479 g/mol. The van der Waals surface area contributed by atoms with Crippen molar-refractivity contribution in [3.05, 3.63) is 53.0 Å². The van der Waals surface area contributed by atoms with E-state index in [4.69, 9.17) is 4.74 Å². The van der Waals surface area contributed by atoms with Crippen molar-refractivity contribution in [3.63, 3.8) is 0 Å². The lowest BCUT2D eigenvalue weighted by Gasteiger charge is -2.26. The number of nitrogens with zero attached hydrogens (tertiary/aromatic N) is 2. The molecule has 0 N–H and O–H groups in total. The van der Waals surface area contributed by atoms with Crippen molar-refractivity contribution in [2.45, 2.75) is 36.2 Å². The minimum absolute atomic E-state index is 0.0764. The first kappa shape index (κ1) is 20.1. The lowest BCUT2D eigenvalue weighted by molar-refractivity contribution is -0.122. The summed E-state index contributed by atoms with van der Waals surface area (Å²) in [5.41, 5.74) is 0.434. The number of carbonyl (C=O) groups excluding carboxylic acids is 2. The van der Waals surface area contributed by atoms with Gasteiger partial charge in [-0.1, -0.05) is 15.9 Å². The Morgan fingerprint density at radius 3 is 2.21 bits per heavy atom. The molecule has 0 spiro atoms. The standard InChI is InChI=1S/C20H19BrN2O5S/c1-28-16-8-10-17(11-9-16)29(26,27)23(15-6-7-15)18-12-19(24)22(20(18)25)14-4-2-13(21)3-5-14/h2-5,8-11,15,18H,6-7,12H2,1H3. The zero-order chi connectivity index (χ0) is 20.8. The summed E-state index contributed by atoms with van der Waals surface area (Å²) in [6.07, 6.45) is 1.18. The van der Waals surface area contributed by atoms with Crippen LogP contribution < -0.4 is 9.64 Å². The molecule has 152 valence electrons. The maximum absolute atomic E-state index is 13.3. The van der Waals surface area contributed by atoms with E-state index < -0.39 is 27.9 Å². The van der Waals surface area contributed by atoms with Crippen LogP contribution in [0.1, 0.15) is 19.3 Å². The average Bonchev–Trinajstić information content (AvgIpc) is 3.49. The third kappa shape index (κ3) is 3.70. The number of benzene rings is 2. The van der Waals surface area contributed by atoms with Gasteiger partial charge < -0.3 is 4.74 Å². The summed E-state index contributed by atoms with van der Waals surface area (Å²) in [6, 6.07) is 11.5. The quantitative estimate of drug-likeness (QED) is 0.595. The summed E-state index contributed by atoms with van der Waals surface area (Å²) < 4.78 is 33.8. The fourth-order valence-electron chi connectivity index (χ4n) is 3.49. The SMILES string of the molecule is COc1ccc(S(=O)(=O)N(C2CC2)C2CC(=O)N(c3ccc(Br)cc3)C2=O)cc1. The van der Waals surface area contributed by atoms with Crippen LogP contribution >= 0.6 is 15.9 Å². The summed E-state index contributed by atoms with van der Waals surface area (Å²) in [6.45, 7) is 0. The predicted octanol–water partition coefficient (Wildman–Crippen LogP) is 2.94. The van der Waals surface area contributed by atoms with Gasteiger partial charge in [-0.05, 0) is 61.4 Å². The van der Waals surface area contributed by atoms with E-state index in [1.165, 1.54) is 23.5 Å². The highest BCUT2D eigenvalue weighted by Crippen LogP contribution is 2.38. The van der Waals surface area contributed by atoms with Gasteiger partial charge in [0, 0.05) is 10.5 Å². The van der Waals surface area contributed by atoms with Crippen molar-refractivity contribution in [3.8, 4) is 5.75 Å². The maximum atomic E-state index is 13.3. The Kier molecular flexibility index (Phi) is 5.22. The number of anilines is 1. The van der Waals surface area contributed by atoms with Crippen molar-refractivity contribution in [1.29, 1.82) is 0 Å². The third-order valence-corrected chi connectivity index (χ3v) is 7.56. The third-order valence-electron chi connectivity index (χ3n) is 5.06. The van der Waals surface area contributed by atoms with Crippen LogP contribution in [0.25, 0.3) is 0 Å². The van der Waals surface area contributed by atoms with Gasteiger partial charge in [0.15, 0.2) is 0 Å². The fourth-order valence-corrected chi connectivity index (χ4v) is 5.58. The number of sulfonamides is 1. The van der Waals surface area contributed by atoms with Gasteiger partial charge in [0.25, 0.3) is 5.91 Å². The molecule has 0 radical (unpaired) electrons. The molecular formula is C20H19BrN2O5S. The molecular weight excluding hydrogens is 460 g/mol. The van der Waals surface area contributed by atoms with Gasteiger partial charge in [0.1, 0.15) is 11.8 Å². The van der Waals surface area contributed by atoms with Gasteiger partial charge in [-0.25, -0.2) is 13.3 Å². The fraction of sp³-hybridized carbons (Fsp3) is 0.300. The lowest BCUT2D eigenvalue weighted by atomic mass is 10.2. The van der Waals surface area contributed by atoms with Crippen molar-refractivity contribution in [2.75, 3.05) is 12.0 Å². The number of hydrogen-bond acceptors (Lipinski definition) is 5. The Morgan fingerprint density at radius 1 is 1.03 bits per heavy atom. The molecule has 4 rings (SSSR count). The van der Waals surface area contributed by atoms with Crippen LogP contribution in [0.15, 0.2) is 57.9 Å². The van der Waals surface area contributed by atoms with E-state index in [-0.39, 0.29) is 17.4 Å². The Hall–Kier alpha value is -2.23. The molecule has 29 heavy (non-hydrogen) atoms. The van der Waals surface area contributed by atoms with Crippen LogP contribution in [0, 0.1) is 0 Å². The Balaban J connectivity index is 1.67. The topological polar surface area (TPSA) is 84.0 Å². The highest BCUT2D eigenvalue weighted by molar-refractivity contribution is 9.10. The number of imide groups is 1.